The number of anilines is 2. The number of carbonyl (C=O) groups excluding carboxylic acids is 1. The quantitative estimate of drug-likeness (QED) is 0.459. The molecule has 0 saturated carbocycles. The maximum Gasteiger partial charge on any atom is 0.256 e. The maximum absolute atomic E-state index is 12.3. The molecule has 0 aliphatic rings. The minimum absolute atomic E-state index is 0.138. The van der Waals surface area contributed by atoms with Gasteiger partial charge in [-0.15, -0.1) is 0 Å². The molecule has 4 rings (SSSR count). The van der Waals surface area contributed by atoms with Gasteiger partial charge in [-0.1, -0.05) is 0 Å². The second kappa shape index (κ2) is 8.71. The number of hydrogen-bond donors (Lipinski definition) is 2. The molecule has 0 spiro atoms. The van der Waals surface area contributed by atoms with Gasteiger partial charge in [-0.05, 0) is 60.3 Å². The molecule has 30 heavy (non-hydrogen) atoms. The molecule has 0 aliphatic carbocycles. The Morgan fingerprint density at radius 2 is 2.00 bits per heavy atom. The summed E-state index contributed by atoms with van der Waals surface area (Å²) in [5, 5.41) is 9.52. The average Bonchev–Trinajstić information content (AvgIpc) is 3.31. The van der Waals surface area contributed by atoms with Gasteiger partial charge in [0.15, 0.2) is 0 Å². The van der Waals surface area contributed by atoms with Gasteiger partial charge in [-0.25, -0.2) is 15.0 Å². The first kappa shape index (κ1) is 19.5. The summed E-state index contributed by atoms with van der Waals surface area (Å²) in [5.41, 5.74) is 3.67. The van der Waals surface area contributed by atoms with Crippen molar-refractivity contribution in [2.75, 3.05) is 17.7 Å². The highest BCUT2D eigenvalue weighted by molar-refractivity contribution is 7.08. The van der Waals surface area contributed by atoms with Crippen LogP contribution >= 0.6 is 11.3 Å². The van der Waals surface area contributed by atoms with E-state index in [0.717, 1.165) is 11.1 Å². The van der Waals surface area contributed by atoms with E-state index in [9.17, 15) is 4.79 Å². The Kier molecular flexibility index (Phi) is 5.67. The molecule has 8 heteroatoms. The first-order valence-electron chi connectivity index (χ1n) is 9.22. The van der Waals surface area contributed by atoms with Crippen molar-refractivity contribution < 1.29 is 9.53 Å². The van der Waals surface area contributed by atoms with Gasteiger partial charge in [0, 0.05) is 30.5 Å². The zero-order valence-corrected chi connectivity index (χ0v) is 17.2. The molecule has 0 fully saturated rings. The molecule has 0 aliphatic heterocycles. The van der Waals surface area contributed by atoms with Crippen molar-refractivity contribution in [3.63, 3.8) is 0 Å². The number of benzene rings is 1. The van der Waals surface area contributed by atoms with E-state index in [1.165, 1.54) is 11.3 Å². The van der Waals surface area contributed by atoms with E-state index in [4.69, 9.17) is 4.74 Å². The van der Waals surface area contributed by atoms with Crippen LogP contribution in [0, 0.1) is 6.92 Å². The highest BCUT2D eigenvalue weighted by atomic mass is 32.1. The van der Waals surface area contributed by atoms with Crippen molar-refractivity contribution in [3.8, 4) is 22.9 Å². The van der Waals surface area contributed by atoms with Crippen LogP contribution in [0.2, 0.25) is 0 Å². The van der Waals surface area contributed by atoms with Crippen molar-refractivity contribution in [3.05, 3.63) is 76.7 Å². The number of aryl methyl sites for hydroxylation is 1. The Morgan fingerprint density at radius 1 is 1.10 bits per heavy atom. The molecule has 4 aromatic rings. The van der Waals surface area contributed by atoms with E-state index in [-0.39, 0.29) is 5.91 Å². The third-order valence-electron chi connectivity index (χ3n) is 4.35. The van der Waals surface area contributed by atoms with E-state index in [2.05, 4.69) is 25.6 Å². The lowest BCUT2D eigenvalue weighted by Gasteiger charge is -2.13. The van der Waals surface area contributed by atoms with Gasteiger partial charge in [0.2, 0.25) is 11.8 Å². The van der Waals surface area contributed by atoms with Crippen LogP contribution in [0.15, 0.2) is 65.6 Å². The number of hydrogen-bond acceptors (Lipinski definition) is 7. The van der Waals surface area contributed by atoms with E-state index < -0.39 is 0 Å². The molecule has 0 saturated heterocycles. The molecular formula is C22H19N5O2S. The summed E-state index contributed by atoms with van der Waals surface area (Å²) >= 11 is 1.49. The van der Waals surface area contributed by atoms with Crippen LogP contribution in [0.1, 0.15) is 15.9 Å². The maximum atomic E-state index is 12.3. The van der Waals surface area contributed by atoms with Crippen LogP contribution < -0.4 is 15.4 Å². The Balaban J connectivity index is 1.57. The molecule has 0 bridgehead atoms. The molecule has 0 atom stereocenters. The Morgan fingerprint density at radius 3 is 2.77 bits per heavy atom. The van der Waals surface area contributed by atoms with Crippen LogP contribution in [-0.4, -0.2) is 27.9 Å². The number of nitrogens with zero attached hydrogens (tertiary/aromatic N) is 3. The molecule has 0 unspecified atom stereocenters. The van der Waals surface area contributed by atoms with Gasteiger partial charge in [0.1, 0.15) is 5.75 Å². The van der Waals surface area contributed by atoms with Crippen molar-refractivity contribution in [2.24, 2.45) is 0 Å². The molecule has 3 aromatic heterocycles. The van der Waals surface area contributed by atoms with Crippen molar-refractivity contribution in [1.29, 1.82) is 0 Å². The molecule has 1 amide bonds. The minimum atomic E-state index is -0.138. The number of thiophene rings is 1. The van der Waals surface area contributed by atoms with E-state index in [1.807, 2.05) is 41.9 Å². The number of pyridine rings is 1. The summed E-state index contributed by atoms with van der Waals surface area (Å²) in [6.45, 7) is 1.92. The van der Waals surface area contributed by atoms with Crippen molar-refractivity contribution in [2.45, 2.75) is 6.92 Å². The molecule has 1 aromatic carbocycles. The average molecular weight is 417 g/mol. The zero-order valence-electron chi connectivity index (χ0n) is 16.4. The predicted octanol–water partition coefficient (Wildman–Crippen LogP) is 4.99. The third-order valence-corrected chi connectivity index (χ3v) is 5.03. The first-order valence-corrected chi connectivity index (χ1v) is 10.2. The SMILES string of the molecule is CNc1nccc(-c2cccnc2Oc2ccc(NC(=O)c3ccsc3)cc2C)n1. The molecule has 0 radical (unpaired) electrons. The topological polar surface area (TPSA) is 89.0 Å². The summed E-state index contributed by atoms with van der Waals surface area (Å²) in [6, 6.07) is 12.8. The van der Waals surface area contributed by atoms with Crippen molar-refractivity contribution in [1.82, 2.24) is 15.0 Å². The Labute approximate surface area is 177 Å². The number of amides is 1. The minimum Gasteiger partial charge on any atom is -0.438 e. The van der Waals surface area contributed by atoms with Crippen LogP contribution in [0.3, 0.4) is 0 Å². The lowest BCUT2D eigenvalue weighted by molar-refractivity contribution is 0.102. The van der Waals surface area contributed by atoms with Gasteiger partial charge < -0.3 is 15.4 Å². The highest BCUT2D eigenvalue weighted by Gasteiger charge is 2.13. The van der Waals surface area contributed by atoms with Gasteiger partial charge >= 0.3 is 0 Å². The normalized spacial score (nSPS) is 10.5. The monoisotopic (exact) mass is 417 g/mol. The number of carbonyl (C=O) groups is 1. The summed E-state index contributed by atoms with van der Waals surface area (Å²) in [4.78, 5) is 25.2. The fourth-order valence-corrected chi connectivity index (χ4v) is 3.47. The Hall–Kier alpha value is -3.78. The van der Waals surface area contributed by atoms with Crippen LogP contribution in [-0.2, 0) is 0 Å². The van der Waals surface area contributed by atoms with Crippen LogP contribution in [0.4, 0.5) is 11.6 Å². The fraction of sp³-hybridized carbons (Fsp3) is 0.0909. The molecule has 7 nitrogen and oxygen atoms in total. The number of ether oxygens (including phenoxy) is 1. The summed E-state index contributed by atoms with van der Waals surface area (Å²) in [7, 11) is 1.77. The smallest absolute Gasteiger partial charge is 0.256 e. The highest BCUT2D eigenvalue weighted by Crippen LogP contribution is 2.32. The summed E-state index contributed by atoms with van der Waals surface area (Å²) in [5.74, 6) is 1.47. The number of rotatable bonds is 6. The third kappa shape index (κ3) is 4.28. The lowest BCUT2D eigenvalue weighted by Crippen LogP contribution is -2.10. The van der Waals surface area contributed by atoms with E-state index in [1.54, 1.807) is 37.6 Å². The number of aromatic nitrogens is 3. The van der Waals surface area contributed by atoms with Gasteiger partial charge in [0.05, 0.1) is 16.8 Å². The van der Waals surface area contributed by atoms with Gasteiger partial charge in [-0.3, -0.25) is 4.79 Å². The molecule has 150 valence electrons. The molecule has 3 heterocycles. The largest absolute Gasteiger partial charge is 0.438 e. The van der Waals surface area contributed by atoms with Gasteiger partial charge in [-0.2, -0.15) is 11.3 Å². The van der Waals surface area contributed by atoms with Crippen molar-refractivity contribution >= 4 is 28.9 Å². The molecular weight excluding hydrogens is 398 g/mol. The lowest BCUT2D eigenvalue weighted by atomic mass is 10.1. The van der Waals surface area contributed by atoms with Crippen LogP contribution in [0.25, 0.3) is 11.3 Å². The van der Waals surface area contributed by atoms with Crippen LogP contribution in [0.5, 0.6) is 11.6 Å². The first-order chi connectivity index (χ1) is 14.6. The Bertz CT molecular complexity index is 1180. The summed E-state index contributed by atoms with van der Waals surface area (Å²) < 4.78 is 6.10. The second-order valence-electron chi connectivity index (χ2n) is 6.42. The summed E-state index contributed by atoms with van der Waals surface area (Å²) in [6.07, 6.45) is 3.35. The number of nitrogens with one attached hydrogen (secondary N) is 2. The molecule has 2 N–H and O–H groups in total. The fourth-order valence-electron chi connectivity index (χ4n) is 2.84. The van der Waals surface area contributed by atoms with E-state index in [0.29, 0.717) is 34.5 Å². The predicted molar refractivity (Wildman–Crippen MR) is 118 cm³/mol. The van der Waals surface area contributed by atoms with Gasteiger partial charge in [0.25, 0.3) is 5.91 Å². The standard InChI is InChI=1S/C22H19N5O2S/c1-14-12-16(26-20(28)15-8-11-30-13-15)5-6-19(14)29-21-17(4-3-9-24-21)18-7-10-25-22(23-2)27-18/h3-13H,1-2H3,(H,26,28)(H,23,25,27). The van der Waals surface area contributed by atoms with E-state index >= 15 is 0 Å². The second-order valence-corrected chi connectivity index (χ2v) is 7.20. The zero-order chi connectivity index (χ0) is 20.9.